The number of aliphatic hydroxyl groups excluding tert-OH is 1. The predicted molar refractivity (Wildman–Crippen MR) is 186 cm³/mol. The first-order valence-electron chi connectivity index (χ1n) is 15.2. The zero-order valence-electron chi connectivity index (χ0n) is 24.7. The van der Waals surface area contributed by atoms with Gasteiger partial charge in [0.15, 0.2) is 11.4 Å². The number of carbonyl (C=O) groups excluding carboxylic acids is 2. The molecule has 0 bridgehead atoms. The SMILES string of the molecule is O=C1C(=O)C2(c3nc4ccccc4s3)C(=CC(O)=C(c3cc4ccccc4[nH]3)C2c2nc3ccccc3o2)N1c1nsc2ccccc12. The van der Waals surface area contributed by atoms with Gasteiger partial charge in [-0.25, -0.2) is 9.97 Å². The van der Waals surface area contributed by atoms with Crippen molar-refractivity contribution in [2.24, 2.45) is 0 Å². The zero-order valence-corrected chi connectivity index (χ0v) is 26.4. The molecular formula is C37H21N5O4S2. The number of aliphatic hydroxyl groups is 1. The Morgan fingerprint density at radius 1 is 0.854 bits per heavy atom. The largest absolute Gasteiger partial charge is 0.507 e. The number of aromatic amines is 1. The number of oxazole rings is 1. The second-order valence-electron chi connectivity index (χ2n) is 11.8. The minimum atomic E-state index is -1.76. The van der Waals surface area contributed by atoms with Gasteiger partial charge in [0, 0.05) is 28.2 Å². The van der Waals surface area contributed by atoms with Gasteiger partial charge in [-0.15, -0.1) is 11.3 Å². The molecular weight excluding hydrogens is 643 g/mol. The predicted octanol–water partition coefficient (Wildman–Crippen LogP) is 8.03. The molecule has 1 fully saturated rings. The fourth-order valence-corrected chi connectivity index (χ4v) is 9.11. The molecule has 4 aromatic heterocycles. The van der Waals surface area contributed by atoms with Gasteiger partial charge in [0.1, 0.15) is 21.7 Å². The van der Waals surface area contributed by atoms with Gasteiger partial charge in [-0.2, -0.15) is 4.37 Å². The van der Waals surface area contributed by atoms with Crippen molar-refractivity contribution in [3.8, 4) is 0 Å². The van der Waals surface area contributed by atoms with Crippen molar-refractivity contribution in [1.82, 2.24) is 19.3 Å². The number of aromatic nitrogens is 4. The van der Waals surface area contributed by atoms with E-state index in [4.69, 9.17) is 14.4 Å². The molecule has 0 saturated carbocycles. The van der Waals surface area contributed by atoms with Gasteiger partial charge in [0.2, 0.25) is 11.7 Å². The number of fused-ring (bicyclic) bond motifs is 5. The molecule has 8 aromatic rings. The number of Topliss-reactive ketones (excluding diaryl/α,β-unsaturated/α-hetero) is 1. The Kier molecular flexibility index (Phi) is 5.56. The van der Waals surface area contributed by atoms with Crippen LogP contribution in [-0.2, 0) is 15.0 Å². The maximum absolute atomic E-state index is 15.2. The number of hydrogen-bond acceptors (Lipinski definition) is 9. The lowest BCUT2D eigenvalue weighted by molar-refractivity contribution is -0.136. The first-order chi connectivity index (χ1) is 23.5. The number of thiazole rings is 1. The van der Waals surface area contributed by atoms with Crippen LogP contribution in [0.1, 0.15) is 22.5 Å². The number of ketones is 1. The highest BCUT2D eigenvalue weighted by Gasteiger charge is 2.68. The van der Waals surface area contributed by atoms with Gasteiger partial charge >= 0.3 is 5.91 Å². The standard InChI is InChI=1S/C37H21N5O4S2/c43-25-18-29-37(36-40-23-13-5-8-16-28(23)47-36,32(44)35(45)42(29)33-20-10-2-7-15-27(20)48-41-33)31(34-39-22-12-4-6-14-26(22)46-34)30(25)24-17-19-9-1-3-11-21(19)38-24/h1-18,31,38,43H. The molecule has 1 aliphatic heterocycles. The third kappa shape index (κ3) is 3.56. The minimum Gasteiger partial charge on any atom is -0.507 e. The summed E-state index contributed by atoms with van der Waals surface area (Å²) in [5.41, 5.74) is 2.04. The molecule has 9 nitrogen and oxygen atoms in total. The number of carbonyl (C=O) groups is 2. The van der Waals surface area contributed by atoms with E-state index in [1.54, 1.807) is 6.07 Å². The van der Waals surface area contributed by atoms with Crippen LogP contribution >= 0.6 is 22.9 Å². The first kappa shape index (κ1) is 27.2. The number of benzene rings is 4. The van der Waals surface area contributed by atoms with Gasteiger partial charge in [0.25, 0.3) is 0 Å². The summed E-state index contributed by atoms with van der Waals surface area (Å²) in [6.45, 7) is 0. The van der Waals surface area contributed by atoms with E-state index in [-0.39, 0.29) is 17.3 Å². The molecule has 2 unspecified atom stereocenters. The van der Waals surface area contributed by atoms with Crippen LogP contribution in [0.3, 0.4) is 0 Å². The number of amides is 1. The molecule has 11 heteroatoms. The number of anilines is 1. The Hall–Kier alpha value is -5.91. The van der Waals surface area contributed by atoms with Gasteiger partial charge in [-0.3, -0.25) is 14.5 Å². The molecule has 48 heavy (non-hydrogen) atoms. The molecule has 2 aliphatic rings. The first-order valence-corrected chi connectivity index (χ1v) is 16.8. The van der Waals surface area contributed by atoms with E-state index in [0.29, 0.717) is 44.1 Å². The van der Waals surface area contributed by atoms with Gasteiger partial charge in [0.05, 0.1) is 26.5 Å². The van der Waals surface area contributed by atoms with E-state index < -0.39 is 23.0 Å². The van der Waals surface area contributed by atoms with Gasteiger partial charge in [-0.1, -0.05) is 54.6 Å². The number of nitrogens with zero attached hydrogens (tertiary/aromatic N) is 4. The lowest BCUT2D eigenvalue weighted by Gasteiger charge is -2.38. The van der Waals surface area contributed by atoms with Crippen LogP contribution in [0, 0.1) is 0 Å². The Balaban J connectivity index is 1.34. The van der Waals surface area contributed by atoms with Crippen LogP contribution in [0.5, 0.6) is 0 Å². The molecule has 230 valence electrons. The summed E-state index contributed by atoms with van der Waals surface area (Å²) in [5, 5.41) is 14.2. The zero-order chi connectivity index (χ0) is 32.1. The molecule has 2 N–H and O–H groups in total. The van der Waals surface area contributed by atoms with Crippen LogP contribution in [-0.4, -0.2) is 36.1 Å². The van der Waals surface area contributed by atoms with E-state index >= 15 is 4.79 Å². The Morgan fingerprint density at radius 2 is 1.60 bits per heavy atom. The average molecular weight is 664 g/mol. The fourth-order valence-electron chi connectivity index (χ4n) is 7.15. The van der Waals surface area contributed by atoms with Crippen molar-refractivity contribution in [1.29, 1.82) is 0 Å². The van der Waals surface area contributed by atoms with Crippen molar-refractivity contribution >= 4 is 88.3 Å². The molecule has 1 saturated heterocycles. The number of nitrogens with one attached hydrogen (secondary N) is 1. The molecule has 0 radical (unpaired) electrons. The highest BCUT2D eigenvalue weighted by molar-refractivity contribution is 7.19. The Labute approximate surface area is 279 Å². The van der Waals surface area contributed by atoms with Gasteiger partial charge < -0.3 is 14.5 Å². The number of H-pyrrole nitrogens is 1. The second-order valence-corrected chi connectivity index (χ2v) is 13.7. The topological polar surface area (TPSA) is 125 Å². The Bertz CT molecular complexity index is 2630. The lowest BCUT2D eigenvalue weighted by atomic mass is 9.65. The Morgan fingerprint density at radius 3 is 2.44 bits per heavy atom. The van der Waals surface area contributed by atoms with Crippen molar-refractivity contribution in [3.63, 3.8) is 0 Å². The lowest BCUT2D eigenvalue weighted by Crippen LogP contribution is -2.44. The summed E-state index contributed by atoms with van der Waals surface area (Å²) >= 11 is 2.57. The summed E-state index contributed by atoms with van der Waals surface area (Å²) < 4.78 is 12.9. The normalized spacial score (nSPS) is 19.7. The maximum atomic E-state index is 15.2. The van der Waals surface area contributed by atoms with E-state index in [0.717, 1.165) is 20.3 Å². The number of hydrogen-bond donors (Lipinski definition) is 2. The average Bonchev–Trinajstić information content (AvgIpc) is 3.93. The van der Waals surface area contributed by atoms with Crippen molar-refractivity contribution < 1.29 is 19.1 Å². The van der Waals surface area contributed by atoms with Crippen LogP contribution in [0.4, 0.5) is 5.82 Å². The maximum Gasteiger partial charge on any atom is 0.301 e. The van der Waals surface area contributed by atoms with Crippen LogP contribution < -0.4 is 4.90 Å². The quantitative estimate of drug-likeness (QED) is 0.183. The third-order valence-electron chi connectivity index (χ3n) is 9.25. The van der Waals surface area contributed by atoms with Crippen LogP contribution in [0.25, 0.3) is 47.9 Å². The van der Waals surface area contributed by atoms with E-state index in [2.05, 4.69) is 9.36 Å². The van der Waals surface area contributed by atoms with E-state index in [1.165, 1.54) is 33.8 Å². The highest BCUT2D eigenvalue weighted by atomic mass is 32.1. The molecule has 5 heterocycles. The smallest absolute Gasteiger partial charge is 0.301 e. The molecule has 1 amide bonds. The minimum absolute atomic E-state index is 0.132. The van der Waals surface area contributed by atoms with Crippen molar-refractivity contribution in [2.75, 3.05) is 4.90 Å². The van der Waals surface area contributed by atoms with E-state index in [1.807, 2.05) is 97.1 Å². The molecule has 10 rings (SSSR count). The fraction of sp³-hybridized carbons (Fsp3) is 0.0541. The molecule has 0 spiro atoms. The monoisotopic (exact) mass is 663 g/mol. The highest BCUT2D eigenvalue weighted by Crippen LogP contribution is 2.60. The molecule has 4 aromatic carbocycles. The molecule has 1 aliphatic carbocycles. The summed E-state index contributed by atoms with van der Waals surface area (Å²) in [6.07, 6.45) is 1.52. The number of allylic oxidation sites excluding steroid dienone is 3. The summed E-state index contributed by atoms with van der Waals surface area (Å²) in [6, 6.07) is 32.2. The van der Waals surface area contributed by atoms with Crippen LogP contribution in [0.15, 0.2) is 125 Å². The third-order valence-corrected chi connectivity index (χ3v) is 11.2. The summed E-state index contributed by atoms with van der Waals surface area (Å²) in [5.74, 6) is -2.21. The van der Waals surface area contributed by atoms with Gasteiger partial charge in [-0.05, 0) is 65.4 Å². The molecule has 2 atom stereocenters. The van der Waals surface area contributed by atoms with Crippen molar-refractivity contribution in [3.05, 3.63) is 137 Å². The van der Waals surface area contributed by atoms with Crippen molar-refractivity contribution in [2.45, 2.75) is 11.3 Å². The second kappa shape index (κ2) is 9.80. The van der Waals surface area contributed by atoms with E-state index in [9.17, 15) is 9.90 Å². The summed E-state index contributed by atoms with van der Waals surface area (Å²) in [4.78, 5) is 44.5. The van der Waals surface area contributed by atoms with Crippen LogP contribution in [0.2, 0.25) is 0 Å². The number of para-hydroxylation sites is 4. The number of rotatable bonds is 4. The summed E-state index contributed by atoms with van der Waals surface area (Å²) in [7, 11) is 0.